The predicted molar refractivity (Wildman–Crippen MR) is 132 cm³/mol. The van der Waals surface area contributed by atoms with E-state index in [1.807, 2.05) is 39.0 Å². The molecule has 0 saturated heterocycles. The molecule has 1 atom stereocenters. The van der Waals surface area contributed by atoms with Gasteiger partial charge in [-0.3, -0.25) is 9.59 Å². The third-order valence-electron chi connectivity index (χ3n) is 5.22. The van der Waals surface area contributed by atoms with Crippen LogP contribution in [-0.4, -0.2) is 48.0 Å². The lowest BCUT2D eigenvalue weighted by Gasteiger charge is -2.32. The van der Waals surface area contributed by atoms with Gasteiger partial charge in [0.05, 0.1) is 0 Å². The first-order valence-electron chi connectivity index (χ1n) is 12.1. The Kier molecular flexibility index (Phi) is 12.0. The van der Waals surface area contributed by atoms with Crippen LogP contribution >= 0.6 is 0 Å². The van der Waals surface area contributed by atoms with E-state index in [2.05, 4.69) is 17.6 Å². The van der Waals surface area contributed by atoms with Gasteiger partial charge < -0.3 is 20.3 Å². The Balaban J connectivity index is 3.17. The van der Waals surface area contributed by atoms with Crippen LogP contribution in [0.25, 0.3) is 0 Å². The van der Waals surface area contributed by atoms with Crippen molar-refractivity contribution in [1.29, 1.82) is 0 Å². The monoisotopic (exact) mass is 461 g/mol. The van der Waals surface area contributed by atoms with E-state index in [1.54, 1.807) is 25.7 Å². The SMILES string of the molecule is CCCCCNC(=O)C(c1ccc(C)cc1C)N(CCCC)C(=O)CNC(=O)OC(C)(C)C. The summed E-state index contributed by atoms with van der Waals surface area (Å²) >= 11 is 0. The lowest BCUT2D eigenvalue weighted by Crippen LogP contribution is -2.48. The summed E-state index contributed by atoms with van der Waals surface area (Å²) in [4.78, 5) is 40.3. The molecule has 7 heteroatoms. The molecule has 1 unspecified atom stereocenters. The lowest BCUT2D eigenvalue weighted by molar-refractivity contribution is -0.140. The summed E-state index contributed by atoms with van der Waals surface area (Å²) in [5.74, 6) is -0.511. The summed E-state index contributed by atoms with van der Waals surface area (Å²) in [6.07, 6.45) is 3.97. The van der Waals surface area contributed by atoms with Gasteiger partial charge in [-0.1, -0.05) is 56.9 Å². The fraction of sp³-hybridized carbons (Fsp3) is 0.654. The summed E-state index contributed by atoms with van der Waals surface area (Å²) in [5.41, 5.74) is 2.19. The van der Waals surface area contributed by atoms with Crippen LogP contribution in [0.1, 0.15) is 89.5 Å². The molecule has 0 saturated carbocycles. The number of ether oxygens (including phenoxy) is 1. The maximum absolute atomic E-state index is 13.4. The maximum Gasteiger partial charge on any atom is 0.408 e. The molecule has 0 fully saturated rings. The van der Waals surface area contributed by atoms with Crippen molar-refractivity contribution < 1.29 is 19.1 Å². The van der Waals surface area contributed by atoms with E-state index in [9.17, 15) is 14.4 Å². The van der Waals surface area contributed by atoms with Gasteiger partial charge in [-0.15, -0.1) is 0 Å². The van der Waals surface area contributed by atoms with Crippen molar-refractivity contribution in [2.45, 2.75) is 92.2 Å². The van der Waals surface area contributed by atoms with Crippen molar-refractivity contribution in [3.8, 4) is 0 Å². The van der Waals surface area contributed by atoms with Crippen molar-refractivity contribution in [2.24, 2.45) is 0 Å². The zero-order valence-corrected chi connectivity index (χ0v) is 21.5. The summed E-state index contributed by atoms with van der Waals surface area (Å²) in [6, 6.07) is 5.15. The van der Waals surface area contributed by atoms with Crippen molar-refractivity contribution in [2.75, 3.05) is 19.6 Å². The number of amides is 3. The van der Waals surface area contributed by atoms with Crippen LogP contribution in [0.15, 0.2) is 18.2 Å². The number of carbonyl (C=O) groups is 3. The minimum Gasteiger partial charge on any atom is -0.444 e. The number of hydrogen-bond acceptors (Lipinski definition) is 4. The number of rotatable bonds is 12. The van der Waals surface area contributed by atoms with Crippen LogP contribution in [0, 0.1) is 13.8 Å². The highest BCUT2D eigenvalue weighted by Crippen LogP contribution is 2.26. The second-order valence-corrected chi connectivity index (χ2v) is 9.56. The van der Waals surface area contributed by atoms with Crippen molar-refractivity contribution >= 4 is 17.9 Å². The van der Waals surface area contributed by atoms with Crippen LogP contribution in [0.2, 0.25) is 0 Å². The normalized spacial score (nSPS) is 12.1. The van der Waals surface area contributed by atoms with Gasteiger partial charge in [0.2, 0.25) is 11.8 Å². The molecule has 7 nitrogen and oxygen atoms in total. The third-order valence-corrected chi connectivity index (χ3v) is 5.22. The van der Waals surface area contributed by atoms with Crippen LogP contribution in [-0.2, 0) is 14.3 Å². The van der Waals surface area contributed by atoms with E-state index in [1.165, 1.54) is 0 Å². The Bertz CT molecular complexity index is 786. The number of benzene rings is 1. The Hall–Kier alpha value is -2.57. The molecule has 33 heavy (non-hydrogen) atoms. The molecule has 186 valence electrons. The molecule has 1 aromatic carbocycles. The number of aryl methyl sites for hydroxylation is 2. The van der Waals surface area contributed by atoms with Crippen molar-refractivity contribution in [3.05, 3.63) is 34.9 Å². The zero-order chi connectivity index (χ0) is 25.0. The Morgan fingerprint density at radius 2 is 1.67 bits per heavy atom. The zero-order valence-electron chi connectivity index (χ0n) is 21.5. The van der Waals surface area contributed by atoms with Gasteiger partial charge >= 0.3 is 6.09 Å². The quantitative estimate of drug-likeness (QED) is 0.438. The molecule has 0 bridgehead atoms. The molecule has 0 heterocycles. The first kappa shape index (κ1) is 28.5. The number of nitrogens with one attached hydrogen (secondary N) is 2. The van der Waals surface area contributed by atoms with Gasteiger partial charge in [-0.2, -0.15) is 0 Å². The number of hydrogen-bond donors (Lipinski definition) is 2. The molecule has 1 aromatic rings. The van der Waals surface area contributed by atoms with E-state index in [4.69, 9.17) is 4.74 Å². The van der Waals surface area contributed by atoms with Gasteiger partial charge in [0.15, 0.2) is 0 Å². The first-order chi connectivity index (χ1) is 15.5. The van der Waals surface area contributed by atoms with Gasteiger partial charge in [-0.05, 0) is 58.6 Å². The molecule has 3 amide bonds. The molecule has 0 aliphatic rings. The smallest absolute Gasteiger partial charge is 0.408 e. The molecule has 1 rings (SSSR count). The van der Waals surface area contributed by atoms with Gasteiger partial charge in [0, 0.05) is 13.1 Å². The Labute approximate surface area is 199 Å². The standard InChI is InChI=1S/C26H43N3O4/c1-8-10-12-15-27-24(31)23(21-14-13-19(3)17-20(21)4)29(16-11-9-2)22(30)18-28-25(32)33-26(5,6)7/h13-14,17,23H,8-12,15-16,18H2,1-7H3,(H,27,31)(H,28,32). The van der Waals surface area contributed by atoms with Gasteiger partial charge in [-0.25, -0.2) is 4.79 Å². The first-order valence-corrected chi connectivity index (χ1v) is 12.1. The van der Waals surface area contributed by atoms with Crippen molar-refractivity contribution in [3.63, 3.8) is 0 Å². The average Bonchev–Trinajstić information content (AvgIpc) is 2.72. The summed E-state index contributed by atoms with van der Waals surface area (Å²) in [7, 11) is 0. The minimum atomic E-state index is -0.758. The third kappa shape index (κ3) is 10.3. The summed E-state index contributed by atoms with van der Waals surface area (Å²) < 4.78 is 5.25. The van der Waals surface area contributed by atoms with E-state index in [0.29, 0.717) is 13.1 Å². The van der Waals surface area contributed by atoms with E-state index >= 15 is 0 Å². The second kappa shape index (κ2) is 13.9. The average molecular weight is 462 g/mol. The largest absolute Gasteiger partial charge is 0.444 e. The van der Waals surface area contributed by atoms with Crippen LogP contribution < -0.4 is 10.6 Å². The van der Waals surface area contributed by atoms with Crippen molar-refractivity contribution in [1.82, 2.24) is 15.5 Å². The molecule has 2 N–H and O–H groups in total. The highest BCUT2D eigenvalue weighted by Gasteiger charge is 2.32. The number of carbonyl (C=O) groups excluding carboxylic acids is 3. The van der Waals surface area contributed by atoms with Gasteiger partial charge in [0.1, 0.15) is 18.2 Å². The van der Waals surface area contributed by atoms with Crippen LogP contribution in [0.3, 0.4) is 0 Å². The number of nitrogens with zero attached hydrogens (tertiary/aromatic N) is 1. The highest BCUT2D eigenvalue weighted by atomic mass is 16.6. The minimum absolute atomic E-state index is 0.195. The Morgan fingerprint density at radius 1 is 1.00 bits per heavy atom. The topological polar surface area (TPSA) is 87.7 Å². The van der Waals surface area contributed by atoms with Crippen LogP contribution in [0.4, 0.5) is 4.79 Å². The second-order valence-electron chi connectivity index (χ2n) is 9.56. The molecule has 0 aliphatic heterocycles. The summed E-state index contributed by atoms with van der Waals surface area (Å²) in [6.45, 7) is 14.2. The van der Waals surface area contributed by atoms with E-state index < -0.39 is 17.7 Å². The molecule has 0 spiro atoms. The van der Waals surface area contributed by atoms with E-state index in [0.717, 1.165) is 48.8 Å². The molecule has 0 aromatic heterocycles. The Morgan fingerprint density at radius 3 is 2.24 bits per heavy atom. The highest BCUT2D eigenvalue weighted by molar-refractivity contribution is 5.90. The predicted octanol–water partition coefficient (Wildman–Crippen LogP) is 4.80. The summed E-state index contributed by atoms with van der Waals surface area (Å²) in [5, 5.41) is 5.56. The fourth-order valence-electron chi connectivity index (χ4n) is 3.56. The molecule has 0 aliphatic carbocycles. The number of alkyl carbamates (subject to hydrolysis) is 1. The van der Waals surface area contributed by atoms with Crippen LogP contribution in [0.5, 0.6) is 0 Å². The van der Waals surface area contributed by atoms with Gasteiger partial charge in [0.25, 0.3) is 0 Å². The molecular formula is C26H43N3O4. The number of unbranched alkanes of at least 4 members (excludes halogenated alkanes) is 3. The molecule has 0 radical (unpaired) electrons. The molecular weight excluding hydrogens is 418 g/mol. The lowest BCUT2D eigenvalue weighted by atomic mass is 9.96. The fourth-order valence-corrected chi connectivity index (χ4v) is 3.56. The maximum atomic E-state index is 13.4. The van der Waals surface area contributed by atoms with E-state index in [-0.39, 0.29) is 18.4 Å².